The molecule has 0 atom stereocenters. The van der Waals surface area contributed by atoms with Gasteiger partial charge in [0.1, 0.15) is 5.75 Å². The Kier molecular flexibility index (Phi) is 6.10. The van der Waals surface area contributed by atoms with Crippen LogP contribution >= 0.6 is 15.9 Å². The molecule has 1 N–H and O–H groups in total. The van der Waals surface area contributed by atoms with Crippen LogP contribution in [0, 0.1) is 0 Å². The number of rotatable bonds is 6. The minimum atomic E-state index is -0.170. The van der Waals surface area contributed by atoms with Crippen LogP contribution in [-0.2, 0) is 11.2 Å². The summed E-state index contributed by atoms with van der Waals surface area (Å²) in [6.07, 6.45) is 1.91. The van der Waals surface area contributed by atoms with Crippen molar-refractivity contribution in [2.24, 2.45) is 5.10 Å². The van der Waals surface area contributed by atoms with Crippen molar-refractivity contribution in [2.45, 2.75) is 13.3 Å². The van der Waals surface area contributed by atoms with Gasteiger partial charge in [-0.3, -0.25) is 4.79 Å². The van der Waals surface area contributed by atoms with Crippen LogP contribution in [0.5, 0.6) is 5.75 Å². The minimum absolute atomic E-state index is 0.170. The van der Waals surface area contributed by atoms with Crippen LogP contribution in [-0.4, -0.2) is 18.7 Å². The van der Waals surface area contributed by atoms with E-state index in [0.717, 1.165) is 42.9 Å². The van der Waals surface area contributed by atoms with Crippen molar-refractivity contribution in [3.05, 3.63) is 88.4 Å². The Bertz CT molecular complexity index is 1250. The van der Waals surface area contributed by atoms with Crippen molar-refractivity contribution in [2.75, 3.05) is 6.61 Å². The van der Waals surface area contributed by atoms with Gasteiger partial charge in [-0.05, 0) is 46.2 Å². The van der Waals surface area contributed by atoms with Crippen LogP contribution in [0.3, 0.4) is 0 Å². The Morgan fingerprint density at radius 2 is 1.70 bits per heavy atom. The number of halogens is 1. The summed E-state index contributed by atoms with van der Waals surface area (Å²) >= 11 is 3.57. The molecule has 0 aliphatic carbocycles. The maximum Gasteiger partial charge on any atom is 0.244 e. The molecule has 0 fully saturated rings. The largest absolute Gasteiger partial charge is 0.493 e. The van der Waals surface area contributed by atoms with Gasteiger partial charge >= 0.3 is 0 Å². The van der Waals surface area contributed by atoms with E-state index >= 15 is 0 Å². The second-order valence-corrected chi connectivity index (χ2v) is 7.71. The fourth-order valence-corrected chi connectivity index (χ4v) is 4.03. The number of hydrogen-bond acceptors (Lipinski definition) is 3. The first-order valence-corrected chi connectivity index (χ1v) is 10.6. The van der Waals surface area contributed by atoms with Gasteiger partial charge in [-0.15, -0.1) is 0 Å². The molecule has 0 radical (unpaired) electrons. The molecule has 0 aliphatic heterocycles. The summed E-state index contributed by atoms with van der Waals surface area (Å²) in [5.41, 5.74) is 4.47. The van der Waals surface area contributed by atoms with Gasteiger partial charge in [0.25, 0.3) is 0 Å². The Labute approximate surface area is 183 Å². The van der Waals surface area contributed by atoms with Crippen LogP contribution < -0.4 is 10.2 Å². The third-order valence-electron chi connectivity index (χ3n) is 4.93. The number of hydrazone groups is 1. The molecule has 30 heavy (non-hydrogen) atoms. The summed E-state index contributed by atoms with van der Waals surface area (Å²) in [6, 6.07) is 24.0. The van der Waals surface area contributed by atoms with Crippen LogP contribution in [0.4, 0.5) is 0 Å². The fraction of sp³-hybridized carbons (Fsp3) is 0.120. The molecule has 4 aromatic rings. The topological polar surface area (TPSA) is 50.7 Å². The summed E-state index contributed by atoms with van der Waals surface area (Å²) < 4.78 is 6.76. The highest BCUT2D eigenvalue weighted by Crippen LogP contribution is 2.28. The maximum atomic E-state index is 12.5. The van der Waals surface area contributed by atoms with E-state index in [9.17, 15) is 4.79 Å². The predicted octanol–water partition coefficient (Wildman–Crippen LogP) is 5.85. The highest BCUT2D eigenvalue weighted by Gasteiger charge is 2.09. The molecule has 0 saturated carbocycles. The van der Waals surface area contributed by atoms with Crippen molar-refractivity contribution in [3.63, 3.8) is 0 Å². The number of nitrogens with zero attached hydrogens (tertiary/aromatic N) is 1. The molecule has 150 valence electrons. The molecule has 0 aromatic heterocycles. The number of nitrogens with one attached hydrogen (secondary N) is 1. The molecule has 0 heterocycles. The Morgan fingerprint density at radius 3 is 2.50 bits per heavy atom. The van der Waals surface area contributed by atoms with Crippen LogP contribution in [0.15, 0.2) is 82.4 Å². The van der Waals surface area contributed by atoms with Gasteiger partial charge in [-0.2, -0.15) is 5.10 Å². The van der Waals surface area contributed by atoms with Gasteiger partial charge in [-0.25, -0.2) is 5.43 Å². The van der Waals surface area contributed by atoms with E-state index in [0.29, 0.717) is 6.61 Å². The van der Waals surface area contributed by atoms with Crippen molar-refractivity contribution in [1.29, 1.82) is 0 Å². The number of amides is 1. The highest BCUT2D eigenvalue weighted by atomic mass is 79.9. The first-order valence-electron chi connectivity index (χ1n) is 9.80. The summed E-state index contributed by atoms with van der Waals surface area (Å²) in [4.78, 5) is 12.5. The zero-order chi connectivity index (χ0) is 20.9. The Balaban J connectivity index is 1.55. The molecule has 4 rings (SSSR count). The standard InChI is InChI=1S/C25H21BrN2O2/c1-2-30-24-14-12-17-7-3-4-8-19(17)22(24)16-27-28-25(29)15-18-11-13-23(26)21-10-6-5-9-20(18)21/h3-14,16H,2,15H2,1H3,(H,28,29)/b27-16+. The van der Waals surface area contributed by atoms with Gasteiger partial charge in [0.05, 0.1) is 19.2 Å². The van der Waals surface area contributed by atoms with E-state index in [-0.39, 0.29) is 12.3 Å². The Morgan fingerprint density at radius 1 is 0.967 bits per heavy atom. The average Bonchev–Trinajstić information content (AvgIpc) is 2.77. The van der Waals surface area contributed by atoms with E-state index < -0.39 is 0 Å². The number of benzene rings is 4. The van der Waals surface area contributed by atoms with Gasteiger partial charge in [0, 0.05) is 10.0 Å². The summed E-state index contributed by atoms with van der Waals surface area (Å²) in [5.74, 6) is 0.574. The zero-order valence-electron chi connectivity index (χ0n) is 16.6. The Hall–Kier alpha value is -3.18. The quantitative estimate of drug-likeness (QED) is 0.290. The summed E-state index contributed by atoms with van der Waals surface area (Å²) in [5, 5.41) is 8.48. The highest BCUT2D eigenvalue weighted by molar-refractivity contribution is 9.10. The second-order valence-electron chi connectivity index (χ2n) is 6.85. The van der Waals surface area contributed by atoms with Gasteiger partial charge in [-0.1, -0.05) is 76.6 Å². The second kappa shape index (κ2) is 9.09. The third kappa shape index (κ3) is 4.21. The molecule has 0 bridgehead atoms. The zero-order valence-corrected chi connectivity index (χ0v) is 18.1. The number of hydrogen-bond donors (Lipinski definition) is 1. The molecule has 4 nitrogen and oxygen atoms in total. The van der Waals surface area contributed by atoms with E-state index in [4.69, 9.17) is 4.74 Å². The van der Waals surface area contributed by atoms with Gasteiger partial charge in [0.2, 0.25) is 5.91 Å². The average molecular weight is 461 g/mol. The van der Waals surface area contributed by atoms with Crippen LogP contribution in [0.1, 0.15) is 18.1 Å². The first-order chi connectivity index (χ1) is 14.7. The molecular weight excluding hydrogens is 440 g/mol. The molecule has 0 aliphatic rings. The normalized spacial score (nSPS) is 11.3. The SMILES string of the molecule is CCOc1ccc2ccccc2c1/C=N/NC(=O)Cc1ccc(Br)c2ccccc12. The van der Waals surface area contributed by atoms with Crippen molar-refractivity contribution in [1.82, 2.24) is 5.43 Å². The van der Waals surface area contributed by atoms with E-state index in [2.05, 4.69) is 26.5 Å². The number of ether oxygens (including phenoxy) is 1. The molecule has 0 spiro atoms. The number of carbonyl (C=O) groups excluding carboxylic acids is 1. The monoisotopic (exact) mass is 460 g/mol. The van der Waals surface area contributed by atoms with E-state index in [1.165, 1.54) is 0 Å². The lowest BCUT2D eigenvalue weighted by Crippen LogP contribution is -2.20. The molecular formula is C25H21BrN2O2. The molecule has 5 heteroatoms. The lowest BCUT2D eigenvalue weighted by atomic mass is 10.0. The van der Waals surface area contributed by atoms with Gasteiger partial charge in [0.15, 0.2) is 0 Å². The third-order valence-corrected chi connectivity index (χ3v) is 5.62. The van der Waals surface area contributed by atoms with Crippen LogP contribution in [0.25, 0.3) is 21.5 Å². The van der Waals surface area contributed by atoms with Crippen molar-refractivity contribution in [3.8, 4) is 5.75 Å². The van der Waals surface area contributed by atoms with E-state index in [1.54, 1.807) is 6.21 Å². The number of carbonyl (C=O) groups is 1. The first kappa shape index (κ1) is 20.1. The predicted molar refractivity (Wildman–Crippen MR) is 126 cm³/mol. The van der Waals surface area contributed by atoms with E-state index in [1.807, 2.05) is 79.7 Å². The summed E-state index contributed by atoms with van der Waals surface area (Å²) in [7, 11) is 0. The lowest BCUT2D eigenvalue weighted by Gasteiger charge is -2.10. The molecule has 0 unspecified atom stereocenters. The van der Waals surface area contributed by atoms with Crippen LogP contribution in [0.2, 0.25) is 0 Å². The smallest absolute Gasteiger partial charge is 0.244 e. The lowest BCUT2D eigenvalue weighted by molar-refractivity contribution is -0.120. The minimum Gasteiger partial charge on any atom is -0.493 e. The van der Waals surface area contributed by atoms with Gasteiger partial charge < -0.3 is 4.74 Å². The molecule has 1 amide bonds. The molecule has 4 aromatic carbocycles. The van der Waals surface area contributed by atoms with Crippen molar-refractivity contribution < 1.29 is 9.53 Å². The summed E-state index contributed by atoms with van der Waals surface area (Å²) in [6.45, 7) is 2.50. The number of fused-ring (bicyclic) bond motifs is 2. The van der Waals surface area contributed by atoms with Crippen molar-refractivity contribution >= 4 is 49.6 Å². The fourth-order valence-electron chi connectivity index (χ4n) is 3.55. The molecule has 0 saturated heterocycles. The maximum absolute atomic E-state index is 12.5.